The summed E-state index contributed by atoms with van der Waals surface area (Å²) >= 11 is 0. The summed E-state index contributed by atoms with van der Waals surface area (Å²) in [6.07, 6.45) is 8.26. The smallest absolute Gasteiger partial charge is 0.262 e. The first kappa shape index (κ1) is 84.4. The van der Waals surface area contributed by atoms with Crippen LogP contribution in [-0.2, 0) is 71.2 Å². The topological polar surface area (TPSA) is 66.1 Å². The number of halogens is 2. The summed E-state index contributed by atoms with van der Waals surface area (Å²) in [5, 5.41) is 36.0. The molecule has 4 N–H and O–H groups in total. The van der Waals surface area contributed by atoms with Gasteiger partial charge in [-0.2, -0.15) is 0 Å². The molecule has 0 saturated heterocycles. The van der Waals surface area contributed by atoms with E-state index in [4.69, 9.17) is 9.47 Å². The molecular weight excluding hydrogens is 1450 g/mol. The summed E-state index contributed by atoms with van der Waals surface area (Å²) < 4.78 is 43.1. The van der Waals surface area contributed by atoms with Crippen molar-refractivity contribution in [1.29, 1.82) is 0 Å². The van der Waals surface area contributed by atoms with Crippen LogP contribution in [0.4, 0.5) is 8.78 Å². The second kappa shape index (κ2) is 31.5. The molecule has 104 heavy (non-hydrogen) atoms. The van der Waals surface area contributed by atoms with Gasteiger partial charge in [0.1, 0.15) is 29.6 Å². The molecule has 0 fully saturated rings. The number of hydrogen-bond donors (Lipinski definition) is 2. The van der Waals surface area contributed by atoms with E-state index in [1.54, 1.807) is 12.1 Å². The van der Waals surface area contributed by atoms with Gasteiger partial charge in [0.2, 0.25) is 0 Å². The van der Waals surface area contributed by atoms with Gasteiger partial charge in [-0.3, -0.25) is 0 Å². The molecule has 0 aliphatic carbocycles. The Labute approximate surface area is 645 Å². The van der Waals surface area contributed by atoms with Crippen molar-refractivity contribution in [2.24, 2.45) is 10.8 Å². The van der Waals surface area contributed by atoms with Crippen molar-refractivity contribution in [3.8, 4) is 67.5 Å². The minimum absolute atomic E-state index is 0. The molecule has 10 aromatic carbocycles. The Kier molecular flexibility index (Phi) is 25.6. The van der Waals surface area contributed by atoms with E-state index < -0.39 is 11.6 Å². The summed E-state index contributed by atoms with van der Waals surface area (Å²) in [5.74, 6) is 0.434. The molecule has 7 heteroatoms. The first-order valence-corrected chi connectivity index (χ1v) is 37.7. The van der Waals surface area contributed by atoms with E-state index in [-0.39, 0.29) is 95.5 Å². The van der Waals surface area contributed by atoms with E-state index in [1.165, 1.54) is 79.2 Å². The molecule has 0 heterocycles. The second-order valence-corrected chi connectivity index (χ2v) is 37.5. The van der Waals surface area contributed by atoms with Gasteiger partial charge in [0.25, 0.3) is 11.5 Å². The van der Waals surface area contributed by atoms with E-state index in [0.29, 0.717) is 64.5 Å². The molecule has 0 aromatic heterocycles. The van der Waals surface area contributed by atoms with Gasteiger partial charge in [0.05, 0.1) is 11.1 Å². The van der Waals surface area contributed by atoms with Gasteiger partial charge >= 0.3 is 0 Å². The minimum atomic E-state index is -0.425. The molecule has 0 radical (unpaired) electrons. The van der Waals surface area contributed by atoms with Crippen molar-refractivity contribution in [2.75, 3.05) is 13.2 Å². The monoisotopic (exact) mass is 1570 g/mol. The first-order valence-electron chi connectivity index (χ1n) is 37.7. The molecule has 0 saturated carbocycles. The Morgan fingerprint density at radius 3 is 0.913 bits per heavy atom. The number of fused-ring (bicyclic) bond motifs is 4. The average Bonchev–Trinajstić information content (AvgIpc) is 0.727. The number of phenols is 2. The molecule has 0 spiro atoms. The number of ether oxygens (including phenoxy) is 2. The van der Waals surface area contributed by atoms with Gasteiger partial charge < -0.3 is 34.5 Å². The Hall–Kier alpha value is -6.83. The molecule has 0 unspecified atom stereocenters. The number of phenolic OH excluding ortho intramolecular Hbond substituents is 2. The largest absolute Gasteiger partial charge is 0.582 e. The maximum absolute atomic E-state index is 16.3. The van der Waals surface area contributed by atoms with Crippen molar-refractivity contribution < 1.29 is 54.3 Å². The number of rotatable bonds is 20. The number of aromatic hydroxyl groups is 4. The maximum Gasteiger partial charge on any atom is 0.262 e. The Balaban J connectivity index is 0.00000504. The molecule has 0 atom stereocenters. The standard InChI is InChI=1S/C95H118F2O4.2CH3.Hf/c1-25-27-30-66-68-38-32-60(92(15,16)17)48-76(68)84(70-40-34-58(46-72(66)70)90(9,10)11)80-52-62(94(21,22)56-88(3,4)5)50-78(86(80)98)74-54-64(96)36-42-82(74)100-44-29-45-101-83-43-37-65(97)55-75(83)79-51-63(95(23,24)57-89(6,7)8)53-81(87(79)99)85-71-41-35-59(91(12,13)14)47-73(71)67(31-28-26-2)69-39-33-61(49-77(69)85)93(18,19)20;;;/h32-43,46-55,98-99H,25-31,44-45,56-57H2,1-24H3;2*1H3;/q;2*-1;/p+2. The predicted octanol–water partition coefficient (Wildman–Crippen LogP) is 28.4. The van der Waals surface area contributed by atoms with Crippen molar-refractivity contribution >= 4 is 43.1 Å². The van der Waals surface area contributed by atoms with Crippen LogP contribution in [0, 0.1) is 37.3 Å². The van der Waals surface area contributed by atoms with Crippen LogP contribution in [0.15, 0.2) is 133 Å². The van der Waals surface area contributed by atoms with Crippen molar-refractivity contribution in [1.82, 2.24) is 0 Å². The summed E-state index contributed by atoms with van der Waals surface area (Å²) in [7, 11) is 0. The number of hydrogen-bond acceptors (Lipinski definition) is 2. The third kappa shape index (κ3) is 18.2. The Morgan fingerprint density at radius 1 is 0.317 bits per heavy atom. The number of aryl methyl sites for hydroxylation is 2. The summed E-state index contributed by atoms with van der Waals surface area (Å²) in [6.45, 7) is 55.1. The van der Waals surface area contributed by atoms with E-state index >= 15 is 8.78 Å². The SMILES string of the molecule is CCCCc1c2cc(C(C)(C)C)ccc2c(-c2cc(C(C)(C)CC(C)(C)C)cc(-c3cc(F)ccc3[OH+]CCC[OH+]c3ccc(F)cc3-c3cc(C(C)(C)CC(C)(C)C)cc(-c4c5ccc(C(C)(C)C)cc5c(CCCC)c5ccc(C(C)(C)C)cc45)c3O)c2O)c2cc(C(C)(C)C)ccc12.[CH3-].[CH3-].[Hf]. The Bertz CT molecular complexity index is 4450. The number of benzene rings is 10. The fraction of sp³-hybridized carbons (Fsp3) is 0.443. The molecule has 0 aliphatic heterocycles. The summed E-state index contributed by atoms with van der Waals surface area (Å²) in [4.78, 5) is 0. The second-order valence-electron chi connectivity index (χ2n) is 37.5. The van der Waals surface area contributed by atoms with Crippen LogP contribution in [0.1, 0.15) is 256 Å². The first-order chi connectivity index (χ1) is 46.9. The zero-order chi connectivity index (χ0) is 74.1. The van der Waals surface area contributed by atoms with Gasteiger partial charge in [-0.25, -0.2) is 8.78 Å². The minimum Gasteiger partial charge on any atom is -0.582 e. The van der Waals surface area contributed by atoms with Gasteiger partial charge in [0.15, 0.2) is 13.2 Å². The maximum atomic E-state index is 16.3. The zero-order valence-corrected chi connectivity index (χ0v) is 72.1. The van der Waals surface area contributed by atoms with Crippen molar-refractivity contribution in [2.45, 2.75) is 256 Å². The molecule has 556 valence electrons. The van der Waals surface area contributed by atoms with Crippen LogP contribution in [0.5, 0.6) is 23.0 Å². The fourth-order valence-electron chi connectivity index (χ4n) is 16.2. The summed E-state index contributed by atoms with van der Waals surface area (Å²) in [5.41, 5.74) is 13.8. The molecular formula is C97H126F2HfO4. The molecule has 0 amide bonds. The average molecular weight is 1570 g/mol. The van der Waals surface area contributed by atoms with Crippen LogP contribution < -0.4 is 0 Å². The molecule has 4 nitrogen and oxygen atoms in total. The van der Waals surface area contributed by atoms with E-state index in [9.17, 15) is 10.2 Å². The van der Waals surface area contributed by atoms with Crippen LogP contribution in [0.2, 0.25) is 0 Å². The molecule has 10 rings (SSSR count). The Morgan fingerprint density at radius 2 is 0.615 bits per heavy atom. The normalized spacial score (nSPS) is 12.8. The molecule has 10 aromatic rings. The van der Waals surface area contributed by atoms with Crippen LogP contribution in [0.3, 0.4) is 0 Å². The van der Waals surface area contributed by atoms with Gasteiger partial charge in [-0.05, 0) is 230 Å². The quantitative estimate of drug-likeness (QED) is 0.0263. The van der Waals surface area contributed by atoms with Crippen molar-refractivity contribution in [3.05, 3.63) is 204 Å². The number of unbranched alkanes of at least 4 members (excludes halogenated alkanes) is 2. The van der Waals surface area contributed by atoms with E-state index in [0.717, 1.165) is 95.2 Å². The molecule has 0 bridgehead atoms. The van der Waals surface area contributed by atoms with Gasteiger partial charge in [0, 0.05) is 71.4 Å². The van der Waals surface area contributed by atoms with Crippen LogP contribution >= 0.6 is 0 Å². The van der Waals surface area contributed by atoms with Crippen molar-refractivity contribution in [3.63, 3.8) is 0 Å². The fourth-order valence-corrected chi connectivity index (χ4v) is 16.2. The van der Waals surface area contributed by atoms with Crippen LogP contribution in [-0.4, -0.2) is 32.9 Å². The van der Waals surface area contributed by atoms with Gasteiger partial charge in [-0.15, -0.1) is 0 Å². The third-order valence-electron chi connectivity index (χ3n) is 21.1. The molecule has 0 aliphatic rings. The number of aliphatic hydroxyl groups is 2. The van der Waals surface area contributed by atoms with Gasteiger partial charge in [-0.1, -0.05) is 240 Å². The zero-order valence-electron chi connectivity index (χ0n) is 68.5. The van der Waals surface area contributed by atoms with Crippen LogP contribution in [0.25, 0.3) is 87.6 Å². The van der Waals surface area contributed by atoms with E-state index in [1.807, 2.05) is 0 Å². The predicted molar refractivity (Wildman–Crippen MR) is 445 cm³/mol. The van der Waals surface area contributed by atoms with E-state index in [2.05, 4.69) is 263 Å². The third-order valence-corrected chi connectivity index (χ3v) is 21.1. The summed E-state index contributed by atoms with van der Waals surface area (Å²) in [6, 6.07) is 45.9.